The van der Waals surface area contributed by atoms with Crippen molar-refractivity contribution in [2.24, 2.45) is 5.41 Å². The Labute approximate surface area is 164 Å². The van der Waals surface area contributed by atoms with E-state index in [1.807, 2.05) is 31.2 Å². The average molecular weight is 402 g/mol. The van der Waals surface area contributed by atoms with Gasteiger partial charge in [-0.15, -0.1) is 0 Å². The van der Waals surface area contributed by atoms with E-state index < -0.39 is 10.0 Å². The monoisotopic (exact) mass is 402 g/mol. The van der Waals surface area contributed by atoms with Gasteiger partial charge in [0.05, 0.1) is 5.75 Å². The van der Waals surface area contributed by atoms with Crippen LogP contribution < -0.4 is 4.90 Å². The summed E-state index contributed by atoms with van der Waals surface area (Å²) in [5.41, 5.74) is 2.14. The molecule has 4 rings (SSSR count). The van der Waals surface area contributed by atoms with E-state index in [2.05, 4.69) is 0 Å². The van der Waals surface area contributed by atoms with Gasteiger partial charge in [-0.25, -0.2) is 17.1 Å². The number of hydrogen-bond donors (Lipinski definition) is 0. The fourth-order valence-electron chi connectivity index (χ4n) is 4.14. The fraction of sp³-hybridized carbons (Fsp3) is 0.381. The number of hydrogen-bond acceptors (Lipinski definition) is 3. The van der Waals surface area contributed by atoms with Crippen molar-refractivity contribution in [3.05, 3.63) is 65.5 Å². The molecule has 2 aromatic carbocycles. The number of rotatable bonds is 4. The second-order valence-corrected chi connectivity index (χ2v) is 9.93. The Kier molecular flexibility index (Phi) is 4.75. The van der Waals surface area contributed by atoms with Crippen molar-refractivity contribution in [3.8, 4) is 0 Å². The smallest absolute Gasteiger partial charge is 0.227 e. The molecule has 2 aromatic rings. The molecule has 2 aliphatic heterocycles. The molecule has 2 aliphatic rings. The molecule has 1 amide bonds. The second-order valence-electron chi connectivity index (χ2n) is 7.96. The third-order valence-electron chi connectivity index (χ3n) is 5.73. The van der Waals surface area contributed by atoms with Crippen molar-refractivity contribution in [1.29, 1.82) is 0 Å². The average Bonchev–Trinajstić information content (AvgIpc) is 3.21. The third kappa shape index (κ3) is 3.69. The van der Waals surface area contributed by atoms with Gasteiger partial charge >= 0.3 is 0 Å². The zero-order valence-electron chi connectivity index (χ0n) is 15.8. The lowest BCUT2D eigenvalue weighted by atomic mass is 9.86. The number of carbonyl (C=O) groups excluding carboxylic acids is 1. The van der Waals surface area contributed by atoms with Crippen LogP contribution in [0.25, 0.3) is 0 Å². The predicted octanol–water partition coefficient (Wildman–Crippen LogP) is 3.09. The molecule has 1 atom stereocenters. The van der Waals surface area contributed by atoms with Gasteiger partial charge in [-0.2, -0.15) is 0 Å². The number of sulfonamides is 1. The number of nitrogens with zero attached hydrogens (tertiary/aromatic N) is 2. The van der Waals surface area contributed by atoms with Crippen molar-refractivity contribution in [1.82, 2.24) is 4.31 Å². The minimum Gasteiger partial charge on any atom is -0.312 e. The highest BCUT2D eigenvalue weighted by atomic mass is 32.2. The van der Waals surface area contributed by atoms with Crippen LogP contribution in [0.2, 0.25) is 0 Å². The maximum atomic E-state index is 13.2. The van der Waals surface area contributed by atoms with Crippen LogP contribution in [0.15, 0.2) is 48.5 Å². The van der Waals surface area contributed by atoms with E-state index in [4.69, 9.17) is 0 Å². The summed E-state index contributed by atoms with van der Waals surface area (Å²) in [7, 11) is -3.44. The molecule has 0 aromatic heterocycles. The van der Waals surface area contributed by atoms with Crippen molar-refractivity contribution >= 4 is 21.6 Å². The third-order valence-corrected chi connectivity index (χ3v) is 7.52. The number of anilines is 1. The Morgan fingerprint density at radius 2 is 1.71 bits per heavy atom. The van der Waals surface area contributed by atoms with Crippen molar-refractivity contribution in [2.75, 3.05) is 24.5 Å². The molecule has 1 spiro atoms. The number of aryl methyl sites for hydroxylation is 1. The van der Waals surface area contributed by atoms with Gasteiger partial charge in [-0.1, -0.05) is 29.8 Å². The Bertz CT molecular complexity index is 989. The van der Waals surface area contributed by atoms with Crippen LogP contribution in [0, 0.1) is 18.2 Å². The van der Waals surface area contributed by atoms with Crippen molar-refractivity contribution in [2.45, 2.75) is 25.5 Å². The molecule has 0 saturated carbocycles. The highest BCUT2D eigenvalue weighted by Gasteiger charge is 2.50. The quantitative estimate of drug-likeness (QED) is 0.790. The van der Waals surface area contributed by atoms with Gasteiger partial charge < -0.3 is 4.90 Å². The van der Waals surface area contributed by atoms with E-state index in [1.165, 1.54) is 16.4 Å². The summed E-state index contributed by atoms with van der Waals surface area (Å²) in [6.45, 7) is 3.21. The van der Waals surface area contributed by atoms with Crippen LogP contribution in [0.3, 0.4) is 0 Å². The van der Waals surface area contributed by atoms with Gasteiger partial charge in [0.25, 0.3) is 0 Å². The highest BCUT2D eigenvalue weighted by Crippen LogP contribution is 2.42. The maximum absolute atomic E-state index is 13.2. The minimum absolute atomic E-state index is 0.0288. The Morgan fingerprint density at radius 1 is 1.04 bits per heavy atom. The molecule has 7 heteroatoms. The molecule has 0 N–H and O–H groups in total. The first-order chi connectivity index (χ1) is 13.3. The summed E-state index contributed by atoms with van der Waals surface area (Å²) in [5.74, 6) is -0.414. The molecule has 148 valence electrons. The zero-order chi connectivity index (χ0) is 19.9. The summed E-state index contributed by atoms with van der Waals surface area (Å²) in [5, 5.41) is 0. The van der Waals surface area contributed by atoms with Gasteiger partial charge in [0.15, 0.2) is 0 Å². The van der Waals surface area contributed by atoms with Crippen LogP contribution in [-0.2, 0) is 20.6 Å². The molecule has 2 fully saturated rings. The lowest BCUT2D eigenvalue weighted by Gasteiger charge is -2.24. The van der Waals surface area contributed by atoms with Gasteiger partial charge in [-0.05, 0) is 43.2 Å². The number of amides is 1. The zero-order valence-corrected chi connectivity index (χ0v) is 16.6. The molecular formula is C21H23FN2O3S. The fourth-order valence-corrected chi connectivity index (χ4v) is 5.78. The van der Waals surface area contributed by atoms with Gasteiger partial charge in [0, 0.05) is 37.2 Å². The van der Waals surface area contributed by atoms with E-state index in [1.54, 1.807) is 17.0 Å². The normalized spacial score (nSPS) is 23.1. The summed E-state index contributed by atoms with van der Waals surface area (Å²) < 4.78 is 40.5. The first kappa shape index (κ1) is 19.1. The first-order valence-corrected chi connectivity index (χ1v) is 11.0. The largest absolute Gasteiger partial charge is 0.312 e. The van der Waals surface area contributed by atoms with E-state index in [0.29, 0.717) is 38.2 Å². The second kappa shape index (κ2) is 6.97. The summed E-state index contributed by atoms with van der Waals surface area (Å²) in [6.07, 6.45) is 0.977. The van der Waals surface area contributed by atoms with Crippen LogP contribution in [0.1, 0.15) is 24.0 Å². The maximum Gasteiger partial charge on any atom is 0.227 e. The molecule has 0 bridgehead atoms. The molecule has 28 heavy (non-hydrogen) atoms. The topological polar surface area (TPSA) is 57.7 Å². The van der Waals surface area contributed by atoms with Crippen LogP contribution in [0.4, 0.5) is 10.1 Å². The Hall–Kier alpha value is -2.25. The van der Waals surface area contributed by atoms with E-state index >= 15 is 0 Å². The van der Waals surface area contributed by atoms with Crippen LogP contribution in [0.5, 0.6) is 0 Å². The number of carbonyl (C=O) groups is 1. The summed E-state index contributed by atoms with van der Waals surface area (Å²) in [6, 6.07) is 13.3. The molecule has 2 saturated heterocycles. The first-order valence-electron chi connectivity index (χ1n) is 9.36. The Balaban J connectivity index is 1.48. The lowest BCUT2D eigenvalue weighted by Crippen LogP contribution is -2.34. The summed E-state index contributed by atoms with van der Waals surface area (Å²) >= 11 is 0. The standard InChI is InChI=1S/C21H23FN2O3S/c1-16-2-4-17(5-3-16)13-28(26,27)23-11-10-21(14-23)12-20(25)24(15-21)19-8-6-18(22)7-9-19/h2-9H,10-15H2,1H3/t21-/m1/s1. The molecule has 5 nitrogen and oxygen atoms in total. The molecule has 2 heterocycles. The Morgan fingerprint density at radius 3 is 2.39 bits per heavy atom. The highest BCUT2D eigenvalue weighted by molar-refractivity contribution is 7.88. The number of halogens is 1. The van der Waals surface area contributed by atoms with E-state index in [9.17, 15) is 17.6 Å². The lowest BCUT2D eigenvalue weighted by molar-refractivity contribution is -0.117. The van der Waals surface area contributed by atoms with Gasteiger partial charge in [0.2, 0.25) is 15.9 Å². The van der Waals surface area contributed by atoms with Crippen LogP contribution in [-0.4, -0.2) is 38.3 Å². The molecule has 0 aliphatic carbocycles. The van der Waals surface area contributed by atoms with E-state index in [-0.39, 0.29) is 22.9 Å². The van der Waals surface area contributed by atoms with Gasteiger partial charge in [-0.3, -0.25) is 4.79 Å². The van der Waals surface area contributed by atoms with Crippen LogP contribution >= 0.6 is 0 Å². The SMILES string of the molecule is Cc1ccc(CS(=O)(=O)N2CC[C@@]3(CC(=O)N(c4ccc(F)cc4)C3)C2)cc1. The molecule has 0 unspecified atom stereocenters. The summed E-state index contributed by atoms with van der Waals surface area (Å²) in [4.78, 5) is 14.2. The van der Waals surface area contributed by atoms with E-state index in [0.717, 1.165) is 11.1 Å². The molecular weight excluding hydrogens is 379 g/mol. The predicted molar refractivity (Wildman–Crippen MR) is 106 cm³/mol. The van der Waals surface area contributed by atoms with Gasteiger partial charge in [0.1, 0.15) is 5.82 Å². The molecule has 0 radical (unpaired) electrons. The van der Waals surface area contributed by atoms with Crippen molar-refractivity contribution < 1.29 is 17.6 Å². The number of benzene rings is 2. The van der Waals surface area contributed by atoms with Crippen molar-refractivity contribution in [3.63, 3.8) is 0 Å². The minimum atomic E-state index is -3.44.